The molecule has 31 heavy (non-hydrogen) atoms. The Bertz CT molecular complexity index is 1190. The molecule has 0 saturated carbocycles. The van der Waals surface area contributed by atoms with E-state index in [1.54, 1.807) is 6.07 Å². The van der Waals surface area contributed by atoms with Crippen LogP contribution in [0.15, 0.2) is 36.4 Å². The largest absolute Gasteiger partial charge is 0.618 e. The quantitative estimate of drug-likeness (QED) is 0.385. The van der Waals surface area contributed by atoms with E-state index in [-0.39, 0.29) is 40.5 Å². The number of ether oxygens (including phenoxy) is 1. The second-order valence-corrected chi connectivity index (χ2v) is 7.99. The maximum absolute atomic E-state index is 13.1. The minimum Gasteiger partial charge on any atom is -0.618 e. The van der Waals surface area contributed by atoms with E-state index in [0.29, 0.717) is 15.1 Å². The van der Waals surface area contributed by atoms with Crippen molar-refractivity contribution < 1.29 is 23.8 Å². The van der Waals surface area contributed by atoms with Gasteiger partial charge in [0.1, 0.15) is 0 Å². The lowest BCUT2D eigenvalue weighted by Gasteiger charge is -2.13. The molecule has 1 aromatic heterocycles. The van der Waals surface area contributed by atoms with Crippen molar-refractivity contribution in [3.63, 3.8) is 0 Å². The zero-order chi connectivity index (χ0) is 22.9. The zero-order valence-electron chi connectivity index (χ0n) is 18.2. The van der Waals surface area contributed by atoms with Crippen LogP contribution in [-0.2, 0) is 4.74 Å². The van der Waals surface area contributed by atoms with E-state index in [0.717, 1.165) is 11.1 Å². The fraction of sp³-hybridized carbons (Fsp3) is 0.304. The number of hydrogen-bond acceptors (Lipinski definition) is 5. The standard InChI is InChI=1S/C23H25N3O5/c1-13(2)12-31-23(28)17-7-9-19-20(11-17)26(30)21(16(5)25(19)29)22(27)24-18-8-6-14(3)10-15(18)4/h6-11,13H,12H2,1-5H3,(H,24,27). The van der Waals surface area contributed by atoms with Crippen molar-refractivity contribution in [2.75, 3.05) is 11.9 Å². The number of amides is 1. The van der Waals surface area contributed by atoms with Gasteiger partial charge in [0.2, 0.25) is 0 Å². The molecule has 0 fully saturated rings. The highest BCUT2D eigenvalue weighted by Gasteiger charge is 2.31. The van der Waals surface area contributed by atoms with Gasteiger partial charge in [-0.05, 0) is 37.5 Å². The van der Waals surface area contributed by atoms with Crippen LogP contribution in [-0.4, -0.2) is 18.5 Å². The number of nitrogens with one attached hydrogen (secondary N) is 1. The summed E-state index contributed by atoms with van der Waals surface area (Å²) in [6.07, 6.45) is 0. The average molecular weight is 423 g/mol. The maximum Gasteiger partial charge on any atom is 0.351 e. The number of fused-ring (bicyclic) bond motifs is 1. The van der Waals surface area contributed by atoms with Gasteiger partial charge in [0.05, 0.1) is 12.2 Å². The number of esters is 1. The monoisotopic (exact) mass is 423 g/mol. The SMILES string of the molecule is Cc1ccc(NC(=O)c2c(C)[n+]([O-])c3ccc(C(=O)OCC(C)C)cc3[n+]2[O-])c(C)c1. The minimum atomic E-state index is -0.709. The highest BCUT2D eigenvalue weighted by atomic mass is 16.5. The number of aromatic nitrogens is 2. The lowest BCUT2D eigenvalue weighted by molar-refractivity contribution is -0.635. The van der Waals surface area contributed by atoms with E-state index in [1.165, 1.54) is 25.1 Å². The van der Waals surface area contributed by atoms with Gasteiger partial charge in [0, 0.05) is 24.7 Å². The summed E-state index contributed by atoms with van der Waals surface area (Å²) in [6, 6.07) is 9.55. The fourth-order valence-electron chi connectivity index (χ4n) is 3.25. The number of aryl methyl sites for hydroxylation is 2. The third-order valence-corrected chi connectivity index (χ3v) is 4.89. The van der Waals surface area contributed by atoms with Crippen molar-refractivity contribution in [1.82, 2.24) is 0 Å². The Labute approximate surface area is 180 Å². The van der Waals surface area contributed by atoms with Gasteiger partial charge in [-0.1, -0.05) is 31.5 Å². The molecular formula is C23H25N3O5. The number of anilines is 1. The summed E-state index contributed by atoms with van der Waals surface area (Å²) >= 11 is 0. The van der Waals surface area contributed by atoms with E-state index < -0.39 is 11.9 Å². The van der Waals surface area contributed by atoms with Gasteiger partial charge >= 0.3 is 17.6 Å². The smallest absolute Gasteiger partial charge is 0.351 e. The number of nitrogens with zero attached hydrogens (tertiary/aromatic N) is 2. The molecule has 1 N–H and O–H groups in total. The van der Waals surface area contributed by atoms with Crippen molar-refractivity contribution in [2.24, 2.45) is 5.92 Å². The van der Waals surface area contributed by atoms with E-state index in [1.807, 2.05) is 39.8 Å². The molecule has 162 valence electrons. The molecule has 1 heterocycles. The molecule has 1 amide bonds. The van der Waals surface area contributed by atoms with E-state index in [4.69, 9.17) is 4.74 Å². The Kier molecular flexibility index (Phi) is 6.10. The van der Waals surface area contributed by atoms with Crippen LogP contribution in [0.2, 0.25) is 0 Å². The molecule has 0 bridgehead atoms. The molecule has 0 aliphatic carbocycles. The molecule has 0 unspecified atom stereocenters. The van der Waals surface area contributed by atoms with Crippen LogP contribution in [0, 0.1) is 37.1 Å². The van der Waals surface area contributed by atoms with Crippen LogP contribution in [0.5, 0.6) is 0 Å². The van der Waals surface area contributed by atoms with Crippen molar-refractivity contribution in [3.05, 3.63) is 74.9 Å². The molecule has 0 radical (unpaired) electrons. The summed E-state index contributed by atoms with van der Waals surface area (Å²) in [4.78, 5) is 25.2. The van der Waals surface area contributed by atoms with Crippen LogP contribution < -0.4 is 14.8 Å². The second kappa shape index (κ2) is 8.59. The molecular weight excluding hydrogens is 398 g/mol. The molecule has 0 atom stereocenters. The van der Waals surface area contributed by atoms with Gasteiger partial charge in [0.15, 0.2) is 0 Å². The van der Waals surface area contributed by atoms with Crippen molar-refractivity contribution in [1.29, 1.82) is 0 Å². The number of carbonyl (C=O) groups is 2. The van der Waals surface area contributed by atoms with E-state index in [2.05, 4.69) is 5.32 Å². The van der Waals surface area contributed by atoms with Crippen molar-refractivity contribution in [2.45, 2.75) is 34.6 Å². The normalized spacial score (nSPS) is 11.0. The summed E-state index contributed by atoms with van der Waals surface area (Å²) in [6.45, 7) is 9.22. The molecule has 3 rings (SSSR count). The predicted octanol–water partition coefficient (Wildman–Crippen LogP) is 3.10. The summed E-state index contributed by atoms with van der Waals surface area (Å²) in [7, 11) is 0. The first kappa shape index (κ1) is 22.0. The number of rotatable bonds is 5. The van der Waals surface area contributed by atoms with Crippen LogP contribution in [0.4, 0.5) is 5.69 Å². The number of hydrogen-bond donors (Lipinski definition) is 1. The maximum atomic E-state index is 13.1. The third kappa shape index (κ3) is 4.42. The van der Waals surface area contributed by atoms with Crippen LogP contribution in [0.25, 0.3) is 11.0 Å². The lowest BCUT2D eigenvalue weighted by Crippen LogP contribution is -2.47. The van der Waals surface area contributed by atoms with Crippen LogP contribution in [0.3, 0.4) is 0 Å². The Morgan fingerprint density at radius 2 is 1.71 bits per heavy atom. The first-order chi connectivity index (χ1) is 14.6. The Morgan fingerprint density at radius 3 is 2.35 bits per heavy atom. The summed E-state index contributed by atoms with van der Waals surface area (Å²) < 4.78 is 6.10. The van der Waals surface area contributed by atoms with Gasteiger partial charge in [0.25, 0.3) is 16.7 Å². The predicted molar refractivity (Wildman–Crippen MR) is 116 cm³/mol. The Morgan fingerprint density at radius 1 is 1.00 bits per heavy atom. The molecule has 0 aliphatic rings. The fourth-order valence-corrected chi connectivity index (χ4v) is 3.25. The second-order valence-electron chi connectivity index (χ2n) is 7.99. The number of benzene rings is 2. The number of carbonyl (C=O) groups excluding carboxylic acids is 2. The van der Waals surface area contributed by atoms with Gasteiger partial charge in [-0.15, -0.1) is 4.73 Å². The molecule has 0 spiro atoms. The van der Waals surface area contributed by atoms with Crippen LogP contribution in [0.1, 0.15) is 51.5 Å². The zero-order valence-corrected chi connectivity index (χ0v) is 18.2. The molecule has 2 aromatic carbocycles. The Balaban J connectivity index is 2.04. The first-order valence-electron chi connectivity index (χ1n) is 9.95. The molecule has 0 aliphatic heterocycles. The summed E-state index contributed by atoms with van der Waals surface area (Å²) in [5, 5.41) is 28.5. The summed E-state index contributed by atoms with van der Waals surface area (Å²) in [5.74, 6) is -1.16. The lowest BCUT2D eigenvalue weighted by atomic mass is 10.1. The van der Waals surface area contributed by atoms with Crippen molar-refractivity contribution >= 4 is 28.6 Å². The first-order valence-corrected chi connectivity index (χ1v) is 9.95. The van der Waals surface area contributed by atoms with Gasteiger partial charge in [-0.25, -0.2) is 4.79 Å². The van der Waals surface area contributed by atoms with Gasteiger partial charge in [-0.2, -0.15) is 4.73 Å². The summed E-state index contributed by atoms with van der Waals surface area (Å²) in [5.41, 5.74) is 2.11. The molecule has 3 aromatic rings. The third-order valence-electron chi connectivity index (χ3n) is 4.89. The minimum absolute atomic E-state index is 0.0418. The van der Waals surface area contributed by atoms with Gasteiger partial charge in [-0.3, -0.25) is 4.79 Å². The highest BCUT2D eigenvalue weighted by Crippen LogP contribution is 2.18. The topological polar surface area (TPSA) is 109 Å². The van der Waals surface area contributed by atoms with Gasteiger partial charge < -0.3 is 20.5 Å². The van der Waals surface area contributed by atoms with Crippen molar-refractivity contribution in [3.8, 4) is 0 Å². The van der Waals surface area contributed by atoms with Crippen LogP contribution >= 0.6 is 0 Å². The molecule has 0 saturated heterocycles. The highest BCUT2D eigenvalue weighted by molar-refractivity contribution is 6.03. The van der Waals surface area contributed by atoms with E-state index >= 15 is 0 Å². The molecule has 8 heteroatoms. The van der Waals surface area contributed by atoms with E-state index in [9.17, 15) is 20.0 Å². The molecule has 8 nitrogen and oxygen atoms in total. The Hall–Kier alpha value is -3.68. The average Bonchev–Trinajstić information content (AvgIpc) is 2.72.